The van der Waals surface area contributed by atoms with Crippen molar-refractivity contribution in [3.05, 3.63) is 134 Å². The van der Waals surface area contributed by atoms with Crippen LogP contribution in [0.4, 0.5) is 0 Å². The molecular formula is C40H26N4O2PtSi. The average Bonchev–Trinajstić information content (AvgIpc) is 3.72. The number of rotatable bonds is 3. The summed E-state index contributed by atoms with van der Waals surface area (Å²) >= 11 is 0. The molecule has 9 aromatic rings. The largest absolute Gasteiger partial charge is 2.00 e. The molecule has 10 rings (SSSR count). The van der Waals surface area contributed by atoms with Crippen molar-refractivity contribution in [2.75, 3.05) is 0 Å². The van der Waals surface area contributed by atoms with Crippen LogP contribution in [0.3, 0.4) is 0 Å². The van der Waals surface area contributed by atoms with E-state index in [0.717, 1.165) is 66.4 Å². The number of imidazole rings is 1. The molecule has 5 heterocycles. The maximum Gasteiger partial charge on any atom is 2.00 e. The molecule has 5 aromatic carbocycles. The first-order valence-electron chi connectivity index (χ1n) is 15.7. The summed E-state index contributed by atoms with van der Waals surface area (Å²) in [4.78, 5) is 9.51. The van der Waals surface area contributed by atoms with Gasteiger partial charge in [0, 0.05) is 46.4 Å². The first kappa shape index (κ1) is 28.9. The van der Waals surface area contributed by atoms with E-state index in [4.69, 9.17) is 14.5 Å². The Balaban J connectivity index is 0.00000314. The Labute approximate surface area is 291 Å². The SMILES string of the molecule is C[Si]1(C)c2ccccc2Oc2cc3c4cccnc4n(-c4[c-]c(Oc5[c-]c6c(cc5)c5ccccc5n5ccnc65)ccc4)c3cc21.[Pt+2]. The van der Waals surface area contributed by atoms with Crippen LogP contribution in [0.2, 0.25) is 13.1 Å². The minimum atomic E-state index is -2.04. The maximum atomic E-state index is 6.51. The van der Waals surface area contributed by atoms with Crippen LogP contribution in [0.25, 0.3) is 54.9 Å². The predicted octanol–water partition coefficient (Wildman–Crippen LogP) is 8.45. The molecule has 0 aliphatic carbocycles. The van der Waals surface area contributed by atoms with Gasteiger partial charge in [-0.1, -0.05) is 72.0 Å². The molecular weight excluding hydrogens is 792 g/mol. The van der Waals surface area contributed by atoms with Gasteiger partial charge in [0.25, 0.3) is 0 Å². The van der Waals surface area contributed by atoms with Crippen LogP contribution in [0.5, 0.6) is 23.0 Å². The monoisotopic (exact) mass is 817 g/mol. The van der Waals surface area contributed by atoms with Crippen LogP contribution in [0.15, 0.2) is 122 Å². The Morgan fingerprint density at radius 3 is 2.40 bits per heavy atom. The number of nitrogens with zero attached hydrogens (tertiary/aromatic N) is 4. The third-order valence-electron chi connectivity index (χ3n) is 9.53. The molecule has 0 unspecified atom stereocenters. The van der Waals surface area contributed by atoms with Crippen molar-refractivity contribution in [3.8, 4) is 28.7 Å². The number of aromatic nitrogens is 4. The number of hydrogen-bond acceptors (Lipinski definition) is 4. The standard InChI is InChI=1S/C40H26N4O2Si.Pt/c1-47(2)37-15-6-5-14-35(37)46-36-23-31-30-12-8-18-41-40(30)44(34(31)24-38(36)47)25-9-7-10-26(21-25)45-27-16-17-28-29-11-3-4-13-33(29)43-20-19-42-39(43)32(28)22-27;/h3-20,23-24H,1-2H3;/q-2;+2. The van der Waals surface area contributed by atoms with E-state index in [2.05, 4.69) is 112 Å². The molecule has 0 radical (unpaired) electrons. The summed E-state index contributed by atoms with van der Waals surface area (Å²) in [6.07, 6.45) is 5.65. The summed E-state index contributed by atoms with van der Waals surface area (Å²) in [7, 11) is -2.04. The van der Waals surface area contributed by atoms with E-state index in [0.29, 0.717) is 11.5 Å². The Hall–Kier alpha value is -5.23. The first-order chi connectivity index (χ1) is 23.0. The van der Waals surface area contributed by atoms with Gasteiger partial charge in [0.15, 0.2) is 0 Å². The summed E-state index contributed by atoms with van der Waals surface area (Å²) in [5.41, 5.74) is 4.74. The number of hydrogen-bond donors (Lipinski definition) is 0. The second kappa shape index (κ2) is 10.6. The molecule has 0 fully saturated rings. The molecule has 0 saturated carbocycles. The molecule has 0 atom stereocenters. The Bertz CT molecular complexity index is 2750. The zero-order valence-electron chi connectivity index (χ0n) is 26.0. The first-order valence-corrected chi connectivity index (χ1v) is 18.7. The van der Waals surface area contributed by atoms with Gasteiger partial charge < -0.3 is 18.4 Å². The van der Waals surface area contributed by atoms with Crippen LogP contribution < -0.4 is 19.8 Å². The molecule has 1 aliphatic heterocycles. The molecule has 0 spiro atoms. The fourth-order valence-electron chi connectivity index (χ4n) is 7.29. The Kier molecular flexibility index (Phi) is 6.42. The van der Waals surface area contributed by atoms with Gasteiger partial charge in [0.05, 0.1) is 11.2 Å². The summed E-state index contributed by atoms with van der Waals surface area (Å²) in [6.45, 7) is 4.79. The molecule has 1 aliphatic rings. The van der Waals surface area contributed by atoms with Gasteiger partial charge >= 0.3 is 21.1 Å². The van der Waals surface area contributed by atoms with Crippen LogP contribution in [-0.4, -0.2) is 27.0 Å². The second-order valence-corrected chi connectivity index (χ2v) is 16.9. The molecule has 0 N–H and O–H groups in total. The molecule has 4 aromatic heterocycles. The topological polar surface area (TPSA) is 53.6 Å². The fraction of sp³-hybridized carbons (Fsp3) is 0.0500. The van der Waals surface area contributed by atoms with Gasteiger partial charge in [-0.25, -0.2) is 4.98 Å². The molecule has 48 heavy (non-hydrogen) atoms. The van der Waals surface area contributed by atoms with Crippen LogP contribution >= 0.6 is 0 Å². The number of benzene rings is 5. The summed E-state index contributed by atoms with van der Waals surface area (Å²) in [5, 5.41) is 7.87. The zero-order valence-corrected chi connectivity index (χ0v) is 29.2. The quantitative estimate of drug-likeness (QED) is 0.102. The second-order valence-electron chi connectivity index (χ2n) is 12.6. The van der Waals surface area contributed by atoms with E-state index < -0.39 is 8.07 Å². The minimum Gasteiger partial charge on any atom is -0.503 e. The van der Waals surface area contributed by atoms with E-state index in [1.165, 1.54) is 10.4 Å². The van der Waals surface area contributed by atoms with Gasteiger partial charge in [-0.15, -0.1) is 30.3 Å². The van der Waals surface area contributed by atoms with E-state index in [1.807, 2.05) is 48.9 Å². The summed E-state index contributed by atoms with van der Waals surface area (Å²) in [6, 6.07) is 42.5. The van der Waals surface area contributed by atoms with E-state index >= 15 is 0 Å². The molecule has 0 amide bonds. The van der Waals surface area contributed by atoms with Crippen LogP contribution in [0.1, 0.15) is 0 Å². The van der Waals surface area contributed by atoms with Crippen molar-refractivity contribution in [2.24, 2.45) is 0 Å². The van der Waals surface area contributed by atoms with Crippen molar-refractivity contribution in [3.63, 3.8) is 0 Å². The summed E-state index contributed by atoms with van der Waals surface area (Å²) in [5.74, 6) is 3.09. The smallest absolute Gasteiger partial charge is 0.503 e. The third kappa shape index (κ3) is 4.14. The van der Waals surface area contributed by atoms with E-state index in [-0.39, 0.29) is 21.1 Å². The van der Waals surface area contributed by atoms with Crippen molar-refractivity contribution in [1.29, 1.82) is 0 Å². The van der Waals surface area contributed by atoms with Gasteiger partial charge in [0.1, 0.15) is 25.2 Å². The maximum absolute atomic E-state index is 6.51. The fourth-order valence-corrected chi connectivity index (χ4v) is 10.1. The third-order valence-corrected chi connectivity index (χ3v) is 13.0. The molecule has 0 saturated heterocycles. The number of fused-ring (bicyclic) bond motifs is 11. The predicted molar refractivity (Wildman–Crippen MR) is 190 cm³/mol. The van der Waals surface area contributed by atoms with Gasteiger partial charge in [-0.2, -0.15) is 6.07 Å². The van der Waals surface area contributed by atoms with Crippen molar-refractivity contribution in [2.45, 2.75) is 13.1 Å². The number of ether oxygens (including phenoxy) is 2. The summed E-state index contributed by atoms with van der Waals surface area (Å²) < 4.78 is 17.3. The number of pyridine rings is 2. The van der Waals surface area contributed by atoms with Crippen LogP contribution in [0, 0.1) is 12.1 Å². The average molecular weight is 818 g/mol. The van der Waals surface area contributed by atoms with Gasteiger partial charge in [-0.3, -0.25) is 4.98 Å². The van der Waals surface area contributed by atoms with E-state index in [1.54, 1.807) is 0 Å². The van der Waals surface area contributed by atoms with Crippen molar-refractivity contribution >= 4 is 67.7 Å². The van der Waals surface area contributed by atoms with Gasteiger partial charge in [-0.05, 0) is 52.2 Å². The molecule has 232 valence electrons. The molecule has 6 nitrogen and oxygen atoms in total. The Morgan fingerprint density at radius 1 is 0.646 bits per heavy atom. The molecule has 0 bridgehead atoms. The zero-order chi connectivity index (χ0) is 31.3. The molecule has 8 heteroatoms. The van der Waals surface area contributed by atoms with Crippen molar-refractivity contribution < 1.29 is 30.5 Å². The van der Waals surface area contributed by atoms with Crippen molar-refractivity contribution in [1.82, 2.24) is 18.9 Å². The normalized spacial score (nSPS) is 13.4. The van der Waals surface area contributed by atoms with E-state index in [9.17, 15) is 0 Å². The number of para-hydroxylation sites is 2. The minimum absolute atomic E-state index is 0. The van der Waals surface area contributed by atoms with Gasteiger partial charge in [0.2, 0.25) is 0 Å². The van der Waals surface area contributed by atoms with Crippen LogP contribution in [-0.2, 0) is 21.1 Å². The Morgan fingerprint density at radius 2 is 1.46 bits per heavy atom.